The fraction of sp³-hybridized carbons (Fsp3) is 0.333. The van der Waals surface area contributed by atoms with Crippen LogP contribution in [0.15, 0.2) is 42.5 Å². The molecule has 0 bridgehead atoms. The van der Waals surface area contributed by atoms with Gasteiger partial charge >= 0.3 is 0 Å². The van der Waals surface area contributed by atoms with Crippen molar-refractivity contribution in [1.29, 1.82) is 0 Å². The minimum absolute atomic E-state index is 0.00651. The number of nitrogens with one attached hydrogen (secondary N) is 2. The highest BCUT2D eigenvalue weighted by Crippen LogP contribution is 2.28. The standard InChI is InChI=1S/C18H20N2O2/c1-12(20-17(21)11-19-18(22)14-9-10-14)15-8-4-6-13-5-2-3-7-16(13)15/h2-8,12,14H,9-11H2,1H3,(H,19,22)(H,20,21)/t12-/m1/s1. The van der Waals surface area contributed by atoms with Crippen molar-refractivity contribution in [2.75, 3.05) is 6.54 Å². The Balaban J connectivity index is 1.63. The lowest BCUT2D eigenvalue weighted by atomic mass is 10.00. The molecule has 1 aliphatic carbocycles. The summed E-state index contributed by atoms with van der Waals surface area (Å²) in [6, 6.07) is 14.1. The molecule has 2 amide bonds. The summed E-state index contributed by atoms with van der Waals surface area (Å²) < 4.78 is 0. The van der Waals surface area contributed by atoms with Crippen LogP contribution in [-0.4, -0.2) is 18.4 Å². The van der Waals surface area contributed by atoms with Crippen LogP contribution in [0.2, 0.25) is 0 Å². The molecule has 4 heteroatoms. The van der Waals surface area contributed by atoms with E-state index in [2.05, 4.69) is 28.8 Å². The molecule has 3 rings (SSSR count). The molecule has 1 fully saturated rings. The van der Waals surface area contributed by atoms with Gasteiger partial charge in [0.1, 0.15) is 0 Å². The van der Waals surface area contributed by atoms with Crippen LogP contribution >= 0.6 is 0 Å². The van der Waals surface area contributed by atoms with Crippen LogP contribution in [0.5, 0.6) is 0 Å². The van der Waals surface area contributed by atoms with E-state index in [1.54, 1.807) is 0 Å². The maximum absolute atomic E-state index is 12.0. The number of hydrogen-bond acceptors (Lipinski definition) is 2. The monoisotopic (exact) mass is 296 g/mol. The highest BCUT2D eigenvalue weighted by atomic mass is 16.2. The SMILES string of the molecule is C[C@@H](NC(=O)CNC(=O)C1CC1)c1cccc2ccccc12. The molecule has 2 N–H and O–H groups in total. The summed E-state index contributed by atoms with van der Waals surface area (Å²) in [4.78, 5) is 23.5. The first-order chi connectivity index (χ1) is 10.6. The number of fused-ring (bicyclic) bond motifs is 1. The number of benzene rings is 2. The number of carbonyl (C=O) groups excluding carboxylic acids is 2. The molecule has 2 aromatic rings. The van der Waals surface area contributed by atoms with Crippen molar-refractivity contribution >= 4 is 22.6 Å². The Morgan fingerprint density at radius 3 is 2.64 bits per heavy atom. The molecular formula is C18H20N2O2. The van der Waals surface area contributed by atoms with Crippen LogP contribution < -0.4 is 10.6 Å². The van der Waals surface area contributed by atoms with E-state index < -0.39 is 0 Å². The molecule has 0 aromatic heterocycles. The molecule has 1 saturated carbocycles. The van der Waals surface area contributed by atoms with E-state index in [-0.39, 0.29) is 30.3 Å². The lowest BCUT2D eigenvalue weighted by Crippen LogP contribution is -2.38. The van der Waals surface area contributed by atoms with Gasteiger partial charge in [0.2, 0.25) is 11.8 Å². The van der Waals surface area contributed by atoms with Crippen molar-refractivity contribution in [1.82, 2.24) is 10.6 Å². The van der Waals surface area contributed by atoms with Gasteiger partial charge in [0, 0.05) is 5.92 Å². The van der Waals surface area contributed by atoms with Crippen LogP contribution in [0.25, 0.3) is 10.8 Å². The van der Waals surface area contributed by atoms with Gasteiger partial charge in [-0.2, -0.15) is 0 Å². The van der Waals surface area contributed by atoms with Gasteiger partial charge in [0.05, 0.1) is 12.6 Å². The normalized spacial score (nSPS) is 15.3. The molecule has 114 valence electrons. The Bertz CT molecular complexity index is 702. The van der Waals surface area contributed by atoms with E-state index in [1.165, 1.54) is 0 Å². The molecule has 1 atom stereocenters. The molecular weight excluding hydrogens is 276 g/mol. The first-order valence-corrected chi connectivity index (χ1v) is 7.70. The highest BCUT2D eigenvalue weighted by Gasteiger charge is 2.29. The largest absolute Gasteiger partial charge is 0.348 e. The topological polar surface area (TPSA) is 58.2 Å². The third-order valence-corrected chi connectivity index (χ3v) is 4.04. The fourth-order valence-electron chi connectivity index (χ4n) is 2.66. The van der Waals surface area contributed by atoms with Gasteiger partial charge in [0.25, 0.3) is 0 Å². The summed E-state index contributed by atoms with van der Waals surface area (Å²) in [6.07, 6.45) is 1.89. The maximum Gasteiger partial charge on any atom is 0.239 e. The number of amides is 2. The second-order valence-corrected chi connectivity index (χ2v) is 5.85. The predicted octanol–water partition coefficient (Wildman–Crippen LogP) is 2.54. The van der Waals surface area contributed by atoms with E-state index in [4.69, 9.17) is 0 Å². The van der Waals surface area contributed by atoms with Crippen molar-refractivity contribution in [3.8, 4) is 0 Å². The molecule has 2 aromatic carbocycles. The smallest absolute Gasteiger partial charge is 0.239 e. The van der Waals surface area contributed by atoms with Crippen molar-refractivity contribution in [2.24, 2.45) is 5.92 Å². The van der Waals surface area contributed by atoms with Gasteiger partial charge < -0.3 is 10.6 Å². The Labute approximate surface area is 129 Å². The number of rotatable bonds is 5. The third kappa shape index (κ3) is 3.27. The minimum atomic E-state index is -0.158. The molecule has 0 heterocycles. The second kappa shape index (κ2) is 6.18. The summed E-state index contributed by atoms with van der Waals surface area (Å²) in [5, 5.41) is 7.93. The van der Waals surface area contributed by atoms with Gasteiger partial charge in [-0.1, -0.05) is 42.5 Å². The van der Waals surface area contributed by atoms with E-state index in [0.717, 1.165) is 29.2 Å². The van der Waals surface area contributed by atoms with Crippen LogP contribution in [0, 0.1) is 5.92 Å². The average Bonchev–Trinajstić information content (AvgIpc) is 3.37. The molecule has 0 saturated heterocycles. The van der Waals surface area contributed by atoms with Crippen molar-refractivity contribution < 1.29 is 9.59 Å². The van der Waals surface area contributed by atoms with Crippen LogP contribution in [0.4, 0.5) is 0 Å². The van der Waals surface area contributed by atoms with Crippen molar-refractivity contribution in [2.45, 2.75) is 25.8 Å². The van der Waals surface area contributed by atoms with E-state index in [9.17, 15) is 9.59 Å². The van der Waals surface area contributed by atoms with Gasteiger partial charge in [-0.3, -0.25) is 9.59 Å². The van der Waals surface area contributed by atoms with Crippen molar-refractivity contribution in [3.63, 3.8) is 0 Å². The molecule has 1 aliphatic rings. The molecule has 0 spiro atoms. The van der Waals surface area contributed by atoms with Crippen LogP contribution in [0.1, 0.15) is 31.4 Å². The van der Waals surface area contributed by atoms with E-state index in [1.807, 2.05) is 31.2 Å². The van der Waals surface area contributed by atoms with E-state index >= 15 is 0 Å². The van der Waals surface area contributed by atoms with Gasteiger partial charge in [-0.15, -0.1) is 0 Å². The number of hydrogen-bond donors (Lipinski definition) is 2. The second-order valence-electron chi connectivity index (χ2n) is 5.85. The lowest BCUT2D eigenvalue weighted by Gasteiger charge is -2.17. The predicted molar refractivity (Wildman–Crippen MR) is 86.2 cm³/mol. The zero-order valence-electron chi connectivity index (χ0n) is 12.6. The molecule has 0 radical (unpaired) electrons. The summed E-state index contributed by atoms with van der Waals surface area (Å²) >= 11 is 0. The zero-order chi connectivity index (χ0) is 15.5. The Hall–Kier alpha value is -2.36. The maximum atomic E-state index is 12.0. The first kappa shape index (κ1) is 14.6. The van der Waals surface area contributed by atoms with Gasteiger partial charge in [0.15, 0.2) is 0 Å². The average molecular weight is 296 g/mol. The van der Waals surface area contributed by atoms with Gasteiger partial charge in [-0.25, -0.2) is 0 Å². The molecule has 4 nitrogen and oxygen atoms in total. The highest BCUT2D eigenvalue weighted by molar-refractivity contribution is 5.88. The van der Waals surface area contributed by atoms with E-state index in [0.29, 0.717) is 0 Å². The Morgan fingerprint density at radius 1 is 1.14 bits per heavy atom. The van der Waals surface area contributed by atoms with Crippen molar-refractivity contribution in [3.05, 3.63) is 48.0 Å². The van der Waals surface area contributed by atoms with Gasteiger partial charge in [-0.05, 0) is 36.1 Å². The summed E-state index contributed by atoms with van der Waals surface area (Å²) in [7, 11) is 0. The summed E-state index contributed by atoms with van der Waals surface area (Å²) in [5.74, 6) is -0.0364. The number of carbonyl (C=O) groups is 2. The lowest BCUT2D eigenvalue weighted by molar-refractivity contribution is -0.127. The van der Waals surface area contributed by atoms with Crippen LogP contribution in [-0.2, 0) is 9.59 Å². The fourth-order valence-corrected chi connectivity index (χ4v) is 2.66. The first-order valence-electron chi connectivity index (χ1n) is 7.70. The zero-order valence-corrected chi connectivity index (χ0v) is 12.6. The molecule has 0 unspecified atom stereocenters. The summed E-state index contributed by atoms with van der Waals surface area (Å²) in [5.41, 5.74) is 1.08. The Morgan fingerprint density at radius 2 is 1.86 bits per heavy atom. The molecule has 0 aliphatic heterocycles. The molecule has 22 heavy (non-hydrogen) atoms. The Kier molecular flexibility index (Phi) is 4.09. The third-order valence-electron chi connectivity index (χ3n) is 4.04. The minimum Gasteiger partial charge on any atom is -0.348 e. The summed E-state index contributed by atoms with van der Waals surface area (Å²) in [6.45, 7) is 2.01. The van der Waals surface area contributed by atoms with Crippen LogP contribution in [0.3, 0.4) is 0 Å². The quantitative estimate of drug-likeness (QED) is 0.891.